The summed E-state index contributed by atoms with van der Waals surface area (Å²) in [5.41, 5.74) is 2.52. The molecule has 5 rings (SSSR count). The van der Waals surface area contributed by atoms with Crippen molar-refractivity contribution in [3.8, 4) is 0 Å². The Morgan fingerprint density at radius 1 is 0.944 bits per heavy atom. The minimum Gasteiger partial charge on any atom is -0.481 e. The van der Waals surface area contributed by atoms with E-state index in [4.69, 9.17) is 0 Å². The van der Waals surface area contributed by atoms with E-state index in [1.165, 1.54) is 10.1 Å². The van der Waals surface area contributed by atoms with Gasteiger partial charge in [0.2, 0.25) is 11.8 Å². The first kappa shape index (κ1) is 24.7. The highest BCUT2D eigenvalue weighted by molar-refractivity contribution is 6.00. The summed E-state index contributed by atoms with van der Waals surface area (Å²) in [6.07, 6.45) is 4.15. The van der Waals surface area contributed by atoms with E-state index in [9.17, 15) is 24.3 Å². The molecule has 2 aromatic rings. The second-order valence-corrected chi connectivity index (χ2v) is 10.5. The van der Waals surface area contributed by atoms with Gasteiger partial charge in [-0.25, -0.2) is 4.79 Å². The Hall–Kier alpha value is -2.98. The number of carboxylic acid groups (broad SMARTS) is 1. The van der Waals surface area contributed by atoms with Gasteiger partial charge in [0.15, 0.2) is 0 Å². The van der Waals surface area contributed by atoms with Gasteiger partial charge >= 0.3 is 11.7 Å². The number of hydrogen-bond donors (Lipinski definition) is 2. The second kappa shape index (κ2) is 10.2. The normalized spacial score (nSPS) is 23.3. The zero-order chi connectivity index (χ0) is 25.4. The topological polar surface area (TPSA) is 117 Å². The maximum absolute atomic E-state index is 13.0. The van der Waals surface area contributed by atoms with Gasteiger partial charge in [0.25, 0.3) is 0 Å². The van der Waals surface area contributed by atoms with Crippen molar-refractivity contribution in [1.29, 1.82) is 0 Å². The van der Waals surface area contributed by atoms with Crippen LogP contribution in [0.1, 0.15) is 56.0 Å². The minimum atomic E-state index is -0.664. The van der Waals surface area contributed by atoms with Crippen LogP contribution in [0.4, 0.5) is 0 Å². The van der Waals surface area contributed by atoms with Gasteiger partial charge in [-0.15, -0.1) is 0 Å². The Balaban J connectivity index is 1.20. The molecule has 1 atom stereocenters. The van der Waals surface area contributed by atoms with E-state index in [2.05, 4.69) is 27.2 Å². The van der Waals surface area contributed by atoms with Crippen molar-refractivity contribution in [3.63, 3.8) is 0 Å². The minimum absolute atomic E-state index is 0.185. The lowest BCUT2D eigenvalue weighted by atomic mass is 9.89. The number of nitrogens with one attached hydrogen (secondary N) is 1. The number of aliphatic carboxylic acids is 1. The van der Waals surface area contributed by atoms with Crippen molar-refractivity contribution in [2.45, 2.75) is 50.5 Å². The van der Waals surface area contributed by atoms with Crippen molar-refractivity contribution < 1.29 is 19.5 Å². The summed E-state index contributed by atoms with van der Waals surface area (Å²) < 4.78 is 3.13. The molecule has 1 aromatic heterocycles. The van der Waals surface area contributed by atoms with Crippen LogP contribution in [0.25, 0.3) is 11.0 Å². The summed E-state index contributed by atoms with van der Waals surface area (Å²) in [7, 11) is 1.73. The van der Waals surface area contributed by atoms with Crippen LogP contribution in [-0.2, 0) is 21.4 Å². The number of rotatable bonds is 6. The first-order chi connectivity index (χ1) is 17.3. The maximum atomic E-state index is 13.0. The highest BCUT2D eigenvalue weighted by atomic mass is 16.4. The van der Waals surface area contributed by atoms with Gasteiger partial charge in [-0.1, -0.05) is 6.07 Å². The fourth-order valence-electron chi connectivity index (χ4n) is 6.04. The molecule has 36 heavy (non-hydrogen) atoms. The van der Waals surface area contributed by atoms with Gasteiger partial charge in [0, 0.05) is 26.6 Å². The number of hydrogen-bond acceptors (Lipinski definition) is 6. The van der Waals surface area contributed by atoms with Gasteiger partial charge in [-0.05, 0) is 81.9 Å². The van der Waals surface area contributed by atoms with E-state index in [0.29, 0.717) is 12.3 Å². The predicted octanol–water partition coefficient (Wildman–Crippen LogP) is 1.29. The molecule has 0 radical (unpaired) electrons. The largest absolute Gasteiger partial charge is 0.481 e. The number of benzene rings is 1. The first-order valence-corrected chi connectivity index (χ1v) is 13.0. The van der Waals surface area contributed by atoms with Crippen molar-refractivity contribution in [1.82, 2.24) is 24.3 Å². The lowest BCUT2D eigenvalue weighted by Gasteiger charge is -2.35. The Bertz CT molecular complexity index is 1220. The summed E-state index contributed by atoms with van der Waals surface area (Å²) in [4.78, 5) is 53.0. The van der Waals surface area contributed by atoms with Crippen molar-refractivity contribution >= 4 is 28.8 Å². The number of nitrogens with zero attached hydrogens (tertiary/aromatic N) is 4. The smallest absolute Gasteiger partial charge is 0.329 e. The van der Waals surface area contributed by atoms with Gasteiger partial charge in [0.05, 0.1) is 17.0 Å². The second-order valence-electron chi connectivity index (χ2n) is 10.5. The van der Waals surface area contributed by atoms with Crippen LogP contribution in [0.15, 0.2) is 23.0 Å². The fraction of sp³-hybridized carbons (Fsp3) is 0.615. The van der Waals surface area contributed by atoms with E-state index in [1.54, 1.807) is 11.6 Å². The summed E-state index contributed by atoms with van der Waals surface area (Å²) in [5.74, 6) is -1.13. The summed E-state index contributed by atoms with van der Waals surface area (Å²) in [5, 5.41) is 11.5. The van der Waals surface area contributed by atoms with E-state index in [-0.39, 0.29) is 23.9 Å². The molecule has 0 bridgehead atoms. The lowest BCUT2D eigenvalue weighted by Crippen LogP contribution is -2.44. The van der Waals surface area contributed by atoms with Crippen molar-refractivity contribution in [2.75, 3.05) is 39.3 Å². The highest BCUT2D eigenvalue weighted by Crippen LogP contribution is 2.31. The van der Waals surface area contributed by atoms with Gasteiger partial charge < -0.3 is 14.9 Å². The Kier molecular flexibility index (Phi) is 6.98. The zero-order valence-electron chi connectivity index (χ0n) is 20.8. The van der Waals surface area contributed by atoms with Gasteiger partial charge in [0.1, 0.15) is 6.04 Å². The third-order valence-corrected chi connectivity index (χ3v) is 8.36. The maximum Gasteiger partial charge on any atom is 0.329 e. The molecule has 1 aromatic carbocycles. The van der Waals surface area contributed by atoms with Crippen molar-refractivity contribution in [3.05, 3.63) is 34.2 Å². The SMILES string of the molecule is Cn1c(=O)n(C2CCC(=O)NC2=O)c2ccc(C3CCN(CCN4CCC(C(=O)O)CC4)CC3)cc21. The number of amides is 2. The zero-order valence-corrected chi connectivity index (χ0v) is 20.8. The molecule has 2 N–H and O–H groups in total. The molecule has 10 heteroatoms. The molecule has 2 amide bonds. The first-order valence-electron chi connectivity index (χ1n) is 13.0. The number of aryl methyl sites for hydroxylation is 1. The predicted molar refractivity (Wildman–Crippen MR) is 134 cm³/mol. The summed E-state index contributed by atoms with van der Waals surface area (Å²) in [6.45, 7) is 5.76. The standard InChI is InChI=1S/C26H35N5O5/c1-28-22-16-19(2-3-20(22)31(26(28)36)21-4-5-23(32)27-24(21)33)17-6-10-29(11-7-17)14-15-30-12-8-18(9-13-30)25(34)35/h2-3,16-18,21H,4-15H2,1H3,(H,34,35)(H,27,32,33). The number of imide groups is 1. The molecule has 1 unspecified atom stereocenters. The van der Waals surface area contributed by atoms with E-state index in [0.717, 1.165) is 76.0 Å². The number of piperidine rings is 3. The molecule has 3 aliphatic rings. The van der Waals surface area contributed by atoms with Crippen LogP contribution >= 0.6 is 0 Å². The number of imidazole rings is 1. The van der Waals surface area contributed by atoms with Crippen LogP contribution in [-0.4, -0.2) is 81.1 Å². The Labute approximate surface area is 209 Å². The quantitative estimate of drug-likeness (QED) is 0.578. The molecule has 0 spiro atoms. The van der Waals surface area contributed by atoms with Crippen LogP contribution < -0.4 is 11.0 Å². The molecule has 3 saturated heterocycles. The Morgan fingerprint density at radius 3 is 2.19 bits per heavy atom. The van der Waals surface area contributed by atoms with Crippen molar-refractivity contribution in [2.24, 2.45) is 13.0 Å². The molecule has 3 aliphatic heterocycles. The van der Waals surface area contributed by atoms with Crippen LogP contribution in [0.3, 0.4) is 0 Å². The number of carbonyl (C=O) groups excluding carboxylic acids is 2. The molecule has 0 saturated carbocycles. The van der Waals surface area contributed by atoms with Gasteiger partial charge in [-0.3, -0.25) is 28.8 Å². The molecule has 4 heterocycles. The van der Waals surface area contributed by atoms with Crippen LogP contribution in [0.5, 0.6) is 0 Å². The highest BCUT2D eigenvalue weighted by Gasteiger charge is 2.32. The lowest BCUT2D eigenvalue weighted by molar-refractivity contribution is -0.143. The average Bonchev–Trinajstić information content (AvgIpc) is 3.12. The molecular weight excluding hydrogens is 462 g/mol. The van der Waals surface area contributed by atoms with E-state index in [1.807, 2.05) is 6.07 Å². The number of carbonyl (C=O) groups is 3. The van der Waals surface area contributed by atoms with Crippen LogP contribution in [0.2, 0.25) is 0 Å². The molecule has 0 aliphatic carbocycles. The third kappa shape index (κ3) is 4.84. The number of carboxylic acids is 1. The Morgan fingerprint density at radius 2 is 1.58 bits per heavy atom. The molecule has 3 fully saturated rings. The van der Waals surface area contributed by atoms with E-state index >= 15 is 0 Å². The molecule has 10 nitrogen and oxygen atoms in total. The number of fused-ring (bicyclic) bond motifs is 1. The number of likely N-dealkylation sites (tertiary alicyclic amines) is 2. The summed E-state index contributed by atoms with van der Waals surface area (Å²) >= 11 is 0. The summed E-state index contributed by atoms with van der Waals surface area (Å²) in [6, 6.07) is 5.45. The van der Waals surface area contributed by atoms with E-state index < -0.39 is 17.9 Å². The fourth-order valence-corrected chi connectivity index (χ4v) is 6.04. The number of aromatic nitrogens is 2. The monoisotopic (exact) mass is 497 g/mol. The molecule has 194 valence electrons. The average molecular weight is 498 g/mol. The van der Waals surface area contributed by atoms with Gasteiger partial charge in [-0.2, -0.15) is 0 Å². The molecular formula is C26H35N5O5. The van der Waals surface area contributed by atoms with Crippen LogP contribution in [0, 0.1) is 5.92 Å². The third-order valence-electron chi connectivity index (χ3n) is 8.36.